The summed E-state index contributed by atoms with van der Waals surface area (Å²) in [5, 5.41) is 5.70. The van der Waals surface area contributed by atoms with Gasteiger partial charge in [0.2, 0.25) is 0 Å². The Labute approximate surface area is 209 Å². The number of para-hydroxylation sites is 2. The van der Waals surface area contributed by atoms with E-state index in [1.165, 1.54) is 43.9 Å². The number of nitrogens with one attached hydrogen (secondary N) is 2. The van der Waals surface area contributed by atoms with Crippen LogP contribution in [-0.4, -0.2) is 9.97 Å². The van der Waals surface area contributed by atoms with E-state index in [1.807, 2.05) is 5.41 Å². The second-order valence-electron chi connectivity index (χ2n) is 9.45. The average molecular weight is 469 g/mol. The molecule has 0 radical (unpaired) electrons. The van der Waals surface area contributed by atoms with E-state index in [0.717, 1.165) is 22.3 Å². The fourth-order valence-electron chi connectivity index (χ4n) is 5.94. The molecule has 1 unspecified atom stereocenters. The highest BCUT2D eigenvalue weighted by molar-refractivity contribution is 7.83. The number of allylic oxidation sites excluding steroid dienone is 1. The highest BCUT2D eigenvalue weighted by Gasteiger charge is 2.38. The maximum absolute atomic E-state index is 4.81. The van der Waals surface area contributed by atoms with Crippen molar-refractivity contribution in [1.29, 1.82) is 0 Å². The third-order valence-electron chi connectivity index (χ3n) is 7.71. The van der Waals surface area contributed by atoms with Crippen LogP contribution < -0.4 is 0 Å². The van der Waals surface area contributed by atoms with Gasteiger partial charge in [0.05, 0.1) is 11.2 Å². The maximum Gasteiger partial charge on any atom is 0.0541 e. The molecule has 0 spiro atoms. The van der Waals surface area contributed by atoms with Crippen LogP contribution in [0.15, 0.2) is 96.4 Å². The van der Waals surface area contributed by atoms with E-state index in [9.17, 15) is 0 Å². The van der Waals surface area contributed by atoms with Gasteiger partial charge in [0.1, 0.15) is 0 Å². The van der Waals surface area contributed by atoms with Crippen molar-refractivity contribution < 1.29 is 0 Å². The Morgan fingerprint density at radius 3 is 2.09 bits per heavy atom. The normalized spacial score (nSPS) is 19.5. The average Bonchev–Trinajstić information content (AvgIpc) is 3.45. The Balaban J connectivity index is 1.66. The largest absolute Gasteiger partial charge is 0.354 e. The molecule has 0 bridgehead atoms. The van der Waals surface area contributed by atoms with Crippen LogP contribution in [0.25, 0.3) is 50.4 Å². The molecule has 1 aliphatic carbocycles. The molecule has 7 rings (SSSR count). The number of aromatic amines is 2. The number of hydrogen-bond donors (Lipinski definition) is 3. The van der Waals surface area contributed by atoms with Crippen LogP contribution in [0.3, 0.4) is 0 Å². The van der Waals surface area contributed by atoms with Crippen molar-refractivity contribution in [2.45, 2.75) is 12.3 Å². The van der Waals surface area contributed by atoms with Crippen molar-refractivity contribution in [3.8, 4) is 0 Å². The predicted octanol–water partition coefficient (Wildman–Crippen LogP) is 8.56. The molecule has 168 valence electrons. The minimum absolute atomic E-state index is 0.426. The Kier molecular flexibility index (Phi) is 4.39. The lowest BCUT2D eigenvalue weighted by Gasteiger charge is -2.36. The van der Waals surface area contributed by atoms with Crippen LogP contribution in [0.4, 0.5) is 0 Å². The predicted molar refractivity (Wildman–Crippen MR) is 153 cm³/mol. The number of rotatable bonds is 1. The molecular weight excluding hydrogens is 444 g/mol. The van der Waals surface area contributed by atoms with Crippen molar-refractivity contribution in [2.75, 3.05) is 0 Å². The lowest BCUT2D eigenvalue weighted by Crippen LogP contribution is -2.27. The summed E-state index contributed by atoms with van der Waals surface area (Å²) in [5.41, 5.74) is 10.2. The van der Waals surface area contributed by atoms with Gasteiger partial charge in [0.15, 0.2) is 0 Å². The summed E-state index contributed by atoms with van der Waals surface area (Å²) in [6.45, 7) is 2.33. The first-order valence-electron chi connectivity index (χ1n) is 11.9. The second kappa shape index (κ2) is 7.53. The topological polar surface area (TPSA) is 31.6 Å². The van der Waals surface area contributed by atoms with Crippen LogP contribution >= 0.6 is 12.6 Å². The minimum atomic E-state index is -0.426. The van der Waals surface area contributed by atoms with E-state index < -0.39 is 5.41 Å². The van der Waals surface area contributed by atoms with Gasteiger partial charge in [-0.2, -0.15) is 12.6 Å². The molecule has 6 aromatic rings. The number of aromatic nitrogens is 2. The highest BCUT2D eigenvalue weighted by Crippen LogP contribution is 2.50. The standard InChI is InChI=1S/C32H24N2S/c1-32(20-9-3-2-4-10-20)26-18-17-23-21-11-5-7-13-28(21)33-30(23)25(26)16-15-24-22-12-6-8-14-29(22)34-31(24)27(32)19-35/h2-19,33-35H,1H3/b16-15-,27-19-. The van der Waals surface area contributed by atoms with Gasteiger partial charge in [-0.3, -0.25) is 0 Å². The van der Waals surface area contributed by atoms with Crippen LogP contribution in [0.1, 0.15) is 34.9 Å². The summed E-state index contributed by atoms with van der Waals surface area (Å²) in [5.74, 6) is 0. The van der Waals surface area contributed by atoms with Crippen molar-refractivity contribution in [3.05, 3.63) is 124 Å². The summed E-state index contributed by atoms with van der Waals surface area (Å²) in [6, 6.07) is 32.4. The lowest BCUT2D eigenvalue weighted by molar-refractivity contribution is 0.743. The molecule has 3 heteroatoms. The zero-order valence-corrected chi connectivity index (χ0v) is 20.2. The van der Waals surface area contributed by atoms with E-state index in [2.05, 4.69) is 120 Å². The van der Waals surface area contributed by atoms with Gasteiger partial charge in [-0.05, 0) is 41.2 Å². The van der Waals surface area contributed by atoms with Crippen molar-refractivity contribution in [1.82, 2.24) is 9.97 Å². The van der Waals surface area contributed by atoms with Gasteiger partial charge in [-0.15, -0.1) is 0 Å². The zero-order chi connectivity index (χ0) is 23.6. The number of hydrogen-bond acceptors (Lipinski definition) is 1. The van der Waals surface area contributed by atoms with Crippen molar-refractivity contribution in [3.63, 3.8) is 0 Å². The zero-order valence-electron chi connectivity index (χ0n) is 19.3. The van der Waals surface area contributed by atoms with E-state index in [0.29, 0.717) is 0 Å². The molecule has 0 fully saturated rings. The maximum atomic E-state index is 4.81. The first-order chi connectivity index (χ1) is 17.2. The number of fused-ring (bicyclic) bond motifs is 8. The van der Waals surface area contributed by atoms with E-state index in [4.69, 9.17) is 12.6 Å². The quantitative estimate of drug-likeness (QED) is 0.202. The first kappa shape index (κ1) is 20.4. The third kappa shape index (κ3) is 2.79. The third-order valence-corrected chi connectivity index (χ3v) is 7.97. The molecule has 2 nitrogen and oxygen atoms in total. The van der Waals surface area contributed by atoms with Crippen LogP contribution in [0, 0.1) is 0 Å². The molecule has 0 amide bonds. The fourth-order valence-corrected chi connectivity index (χ4v) is 6.32. The molecule has 35 heavy (non-hydrogen) atoms. The molecule has 0 saturated carbocycles. The highest BCUT2D eigenvalue weighted by atomic mass is 32.1. The van der Waals surface area contributed by atoms with E-state index in [-0.39, 0.29) is 0 Å². The number of benzene rings is 4. The van der Waals surface area contributed by atoms with Crippen LogP contribution in [0.5, 0.6) is 0 Å². The Morgan fingerprint density at radius 2 is 1.31 bits per heavy atom. The Hall–Kier alpha value is -3.95. The van der Waals surface area contributed by atoms with Gasteiger partial charge in [0.25, 0.3) is 0 Å². The van der Waals surface area contributed by atoms with E-state index in [1.54, 1.807) is 0 Å². The van der Waals surface area contributed by atoms with Crippen LogP contribution in [-0.2, 0) is 5.41 Å². The summed E-state index contributed by atoms with van der Waals surface area (Å²) in [7, 11) is 0. The van der Waals surface area contributed by atoms with Gasteiger partial charge < -0.3 is 9.97 Å². The van der Waals surface area contributed by atoms with Gasteiger partial charge in [-0.1, -0.05) is 91.0 Å². The van der Waals surface area contributed by atoms with Crippen molar-refractivity contribution >= 4 is 63.1 Å². The SMILES string of the molecule is CC1(c2ccccc2)/C(=C\S)c2[nH]c3ccccc3c2/C=C\c2c1ccc1c2[nH]c2ccccc21. The van der Waals surface area contributed by atoms with Crippen molar-refractivity contribution in [2.24, 2.45) is 0 Å². The van der Waals surface area contributed by atoms with E-state index >= 15 is 0 Å². The molecule has 2 heterocycles. The van der Waals surface area contributed by atoms with Gasteiger partial charge in [-0.25, -0.2) is 0 Å². The van der Waals surface area contributed by atoms with Crippen LogP contribution in [0.2, 0.25) is 0 Å². The monoisotopic (exact) mass is 468 g/mol. The lowest BCUT2D eigenvalue weighted by atomic mass is 9.67. The fraction of sp³-hybridized carbons (Fsp3) is 0.0625. The molecule has 2 aromatic heterocycles. The molecule has 0 aliphatic heterocycles. The molecule has 0 saturated heterocycles. The Bertz CT molecular complexity index is 1820. The molecule has 4 aromatic carbocycles. The second-order valence-corrected chi connectivity index (χ2v) is 9.70. The first-order valence-corrected chi connectivity index (χ1v) is 12.5. The number of thiol groups is 1. The van der Waals surface area contributed by atoms with Gasteiger partial charge >= 0.3 is 0 Å². The minimum Gasteiger partial charge on any atom is -0.354 e. The summed E-state index contributed by atoms with van der Waals surface area (Å²) < 4.78 is 0. The molecule has 1 aliphatic rings. The smallest absolute Gasteiger partial charge is 0.0541 e. The molecule has 1 atom stereocenters. The summed E-state index contributed by atoms with van der Waals surface area (Å²) in [4.78, 5) is 7.46. The molecular formula is C32H24N2S. The summed E-state index contributed by atoms with van der Waals surface area (Å²) in [6.07, 6.45) is 4.56. The van der Waals surface area contributed by atoms with Gasteiger partial charge in [0, 0.05) is 43.7 Å². The molecule has 2 N–H and O–H groups in total. The Morgan fingerprint density at radius 1 is 0.657 bits per heavy atom. The summed E-state index contributed by atoms with van der Waals surface area (Å²) >= 11 is 4.81. The number of H-pyrrole nitrogens is 2.